The normalized spacial score (nSPS) is 16.5. The standard InChI is InChI=1S/C21H26N4O2/c1-14(2)11-15-5-7-17(8-6-15)25-19(26)21(3,4)24(20(25)27)13-16-9-10-23-18(22)12-16/h5-10,12,14H,11,13H2,1-4H3,(H2,22,23). The minimum Gasteiger partial charge on any atom is -0.384 e. The van der Waals surface area contributed by atoms with Crippen LogP contribution < -0.4 is 10.6 Å². The molecule has 0 bridgehead atoms. The van der Waals surface area contributed by atoms with Gasteiger partial charge in [0.05, 0.1) is 5.69 Å². The summed E-state index contributed by atoms with van der Waals surface area (Å²) in [5, 5.41) is 0. The molecule has 0 unspecified atom stereocenters. The van der Waals surface area contributed by atoms with Gasteiger partial charge in [0.15, 0.2) is 0 Å². The molecule has 142 valence electrons. The van der Waals surface area contributed by atoms with E-state index in [1.165, 1.54) is 10.5 Å². The quantitative estimate of drug-likeness (QED) is 0.820. The van der Waals surface area contributed by atoms with Crippen LogP contribution in [0.2, 0.25) is 0 Å². The van der Waals surface area contributed by atoms with Gasteiger partial charge in [0.2, 0.25) is 0 Å². The fraction of sp³-hybridized carbons (Fsp3) is 0.381. The van der Waals surface area contributed by atoms with Crippen molar-refractivity contribution in [2.75, 3.05) is 10.6 Å². The molecule has 3 amide bonds. The van der Waals surface area contributed by atoms with Gasteiger partial charge >= 0.3 is 6.03 Å². The van der Waals surface area contributed by atoms with Crippen LogP contribution in [0.25, 0.3) is 0 Å². The van der Waals surface area contributed by atoms with Gasteiger partial charge in [0, 0.05) is 12.7 Å². The number of anilines is 2. The zero-order chi connectivity index (χ0) is 19.8. The number of nitrogens with zero attached hydrogens (tertiary/aromatic N) is 3. The van der Waals surface area contributed by atoms with Gasteiger partial charge in [-0.2, -0.15) is 0 Å². The minimum absolute atomic E-state index is 0.230. The van der Waals surface area contributed by atoms with E-state index in [4.69, 9.17) is 5.73 Å². The number of nitrogens with two attached hydrogens (primary N) is 1. The van der Waals surface area contributed by atoms with E-state index in [9.17, 15) is 9.59 Å². The molecule has 0 atom stereocenters. The number of urea groups is 1. The molecule has 1 aromatic carbocycles. The number of carbonyl (C=O) groups excluding carboxylic acids is 2. The number of hydrogen-bond acceptors (Lipinski definition) is 4. The highest BCUT2D eigenvalue weighted by Gasteiger charge is 2.51. The maximum atomic E-state index is 13.1. The zero-order valence-electron chi connectivity index (χ0n) is 16.3. The molecule has 0 radical (unpaired) electrons. The Labute approximate surface area is 160 Å². The number of carbonyl (C=O) groups is 2. The van der Waals surface area contributed by atoms with E-state index in [-0.39, 0.29) is 11.9 Å². The number of imide groups is 1. The van der Waals surface area contributed by atoms with Gasteiger partial charge in [-0.05, 0) is 61.6 Å². The molecule has 2 heterocycles. The lowest BCUT2D eigenvalue weighted by Gasteiger charge is -2.27. The van der Waals surface area contributed by atoms with Crippen LogP contribution in [0, 0.1) is 5.92 Å². The number of nitrogen functional groups attached to an aromatic ring is 1. The lowest BCUT2D eigenvalue weighted by molar-refractivity contribution is -0.123. The van der Waals surface area contributed by atoms with Crippen molar-refractivity contribution in [1.29, 1.82) is 0 Å². The van der Waals surface area contributed by atoms with Crippen LogP contribution in [0.3, 0.4) is 0 Å². The largest absolute Gasteiger partial charge is 0.384 e. The highest BCUT2D eigenvalue weighted by molar-refractivity contribution is 6.22. The van der Waals surface area contributed by atoms with E-state index < -0.39 is 5.54 Å². The van der Waals surface area contributed by atoms with Crippen LogP contribution in [0.15, 0.2) is 42.6 Å². The number of amides is 3. The third kappa shape index (κ3) is 3.65. The van der Waals surface area contributed by atoms with Gasteiger partial charge in [-0.25, -0.2) is 14.7 Å². The Morgan fingerprint density at radius 1 is 1.07 bits per heavy atom. The second kappa shape index (κ2) is 7.02. The Morgan fingerprint density at radius 2 is 1.74 bits per heavy atom. The average Bonchev–Trinajstić information content (AvgIpc) is 2.75. The molecular weight excluding hydrogens is 340 g/mol. The highest BCUT2D eigenvalue weighted by Crippen LogP contribution is 2.33. The first-order chi connectivity index (χ1) is 12.7. The summed E-state index contributed by atoms with van der Waals surface area (Å²) in [6, 6.07) is 10.8. The Morgan fingerprint density at radius 3 is 2.33 bits per heavy atom. The van der Waals surface area contributed by atoms with Crippen molar-refractivity contribution in [3.63, 3.8) is 0 Å². The number of hydrogen-bond donors (Lipinski definition) is 1. The first-order valence-corrected chi connectivity index (χ1v) is 9.15. The molecular formula is C21H26N4O2. The smallest absolute Gasteiger partial charge is 0.332 e. The molecule has 2 aromatic rings. The summed E-state index contributed by atoms with van der Waals surface area (Å²) in [5.41, 5.74) is 7.43. The molecule has 0 aliphatic carbocycles. The fourth-order valence-corrected chi connectivity index (χ4v) is 3.36. The molecule has 1 aliphatic heterocycles. The molecule has 1 aromatic heterocycles. The molecule has 0 spiro atoms. The molecule has 2 N–H and O–H groups in total. The predicted octanol–water partition coefficient (Wildman–Crippen LogP) is 3.61. The predicted molar refractivity (Wildman–Crippen MR) is 106 cm³/mol. The topological polar surface area (TPSA) is 79.5 Å². The number of rotatable bonds is 5. The number of aromatic nitrogens is 1. The molecule has 3 rings (SSSR count). The monoisotopic (exact) mass is 366 g/mol. The van der Waals surface area contributed by atoms with Gasteiger partial charge in [0.25, 0.3) is 5.91 Å². The third-order valence-electron chi connectivity index (χ3n) is 4.85. The van der Waals surface area contributed by atoms with Crippen molar-refractivity contribution in [1.82, 2.24) is 9.88 Å². The molecule has 6 nitrogen and oxygen atoms in total. The van der Waals surface area contributed by atoms with Crippen LogP contribution in [0.4, 0.5) is 16.3 Å². The van der Waals surface area contributed by atoms with Crippen LogP contribution in [-0.4, -0.2) is 27.4 Å². The van der Waals surface area contributed by atoms with E-state index in [1.54, 1.807) is 37.1 Å². The fourth-order valence-electron chi connectivity index (χ4n) is 3.36. The summed E-state index contributed by atoms with van der Waals surface area (Å²) in [7, 11) is 0. The summed E-state index contributed by atoms with van der Waals surface area (Å²) in [6.45, 7) is 8.16. The van der Waals surface area contributed by atoms with Crippen molar-refractivity contribution < 1.29 is 9.59 Å². The van der Waals surface area contributed by atoms with E-state index in [1.807, 2.05) is 24.3 Å². The van der Waals surface area contributed by atoms with Crippen LogP contribution >= 0.6 is 0 Å². The van der Waals surface area contributed by atoms with Gasteiger partial charge in [-0.15, -0.1) is 0 Å². The highest BCUT2D eigenvalue weighted by atomic mass is 16.2. The minimum atomic E-state index is -0.939. The maximum absolute atomic E-state index is 13.1. The molecule has 1 saturated heterocycles. The van der Waals surface area contributed by atoms with Crippen molar-refractivity contribution >= 4 is 23.4 Å². The van der Waals surface area contributed by atoms with Gasteiger partial charge in [-0.1, -0.05) is 26.0 Å². The Hall–Kier alpha value is -2.89. The number of benzene rings is 1. The van der Waals surface area contributed by atoms with Gasteiger partial charge in [0.1, 0.15) is 11.4 Å². The van der Waals surface area contributed by atoms with E-state index >= 15 is 0 Å². The first-order valence-electron chi connectivity index (χ1n) is 9.15. The van der Waals surface area contributed by atoms with E-state index in [2.05, 4.69) is 18.8 Å². The average molecular weight is 366 g/mol. The second-order valence-electron chi connectivity index (χ2n) is 7.92. The number of pyridine rings is 1. The molecule has 1 fully saturated rings. The molecule has 0 saturated carbocycles. The summed E-state index contributed by atoms with van der Waals surface area (Å²) in [4.78, 5) is 32.9. The Balaban J connectivity index is 1.87. The van der Waals surface area contributed by atoms with E-state index in [0.29, 0.717) is 24.0 Å². The van der Waals surface area contributed by atoms with Crippen molar-refractivity contribution in [2.24, 2.45) is 5.92 Å². The summed E-state index contributed by atoms with van der Waals surface area (Å²) in [6.07, 6.45) is 2.56. The summed E-state index contributed by atoms with van der Waals surface area (Å²) in [5.74, 6) is 0.708. The lowest BCUT2D eigenvalue weighted by atomic mass is 10.0. The lowest BCUT2D eigenvalue weighted by Crippen LogP contribution is -2.43. The SMILES string of the molecule is CC(C)Cc1ccc(N2C(=O)N(Cc3ccnc(N)c3)C(C)(C)C2=O)cc1. The van der Waals surface area contributed by atoms with Crippen molar-refractivity contribution in [3.8, 4) is 0 Å². The van der Waals surface area contributed by atoms with Crippen molar-refractivity contribution in [2.45, 2.75) is 46.2 Å². The molecule has 27 heavy (non-hydrogen) atoms. The van der Waals surface area contributed by atoms with Crippen molar-refractivity contribution in [3.05, 3.63) is 53.7 Å². The van der Waals surface area contributed by atoms with Crippen LogP contribution in [0.1, 0.15) is 38.8 Å². The van der Waals surface area contributed by atoms with Crippen LogP contribution in [0.5, 0.6) is 0 Å². The Kier molecular flexibility index (Phi) is 4.91. The zero-order valence-corrected chi connectivity index (χ0v) is 16.3. The summed E-state index contributed by atoms with van der Waals surface area (Å²) >= 11 is 0. The van der Waals surface area contributed by atoms with Crippen LogP contribution in [-0.2, 0) is 17.8 Å². The summed E-state index contributed by atoms with van der Waals surface area (Å²) < 4.78 is 0. The Bertz CT molecular complexity index is 859. The molecule has 1 aliphatic rings. The van der Waals surface area contributed by atoms with E-state index in [0.717, 1.165) is 12.0 Å². The van der Waals surface area contributed by atoms with Gasteiger partial charge in [-0.3, -0.25) is 4.79 Å². The maximum Gasteiger partial charge on any atom is 0.332 e. The second-order valence-corrected chi connectivity index (χ2v) is 7.92. The first kappa shape index (κ1) is 18.9. The third-order valence-corrected chi connectivity index (χ3v) is 4.85. The molecule has 6 heteroatoms. The van der Waals surface area contributed by atoms with Gasteiger partial charge < -0.3 is 10.6 Å².